The summed E-state index contributed by atoms with van der Waals surface area (Å²) in [7, 11) is 0. The molecule has 0 amide bonds. The predicted octanol–water partition coefficient (Wildman–Crippen LogP) is 2.50. The lowest BCUT2D eigenvalue weighted by atomic mass is 10.1. The highest BCUT2D eigenvalue weighted by Gasteiger charge is 2.10. The summed E-state index contributed by atoms with van der Waals surface area (Å²) < 4.78 is 13.3. The van der Waals surface area contributed by atoms with Gasteiger partial charge in [0, 0.05) is 5.56 Å². The molecule has 0 aliphatic rings. The molecule has 0 unspecified atom stereocenters. The number of carbonyl (C=O) groups excluding carboxylic acids is 1. The van der Waals surface area contributed by atoms with Gasteiger partial charge >= 0.3 is 0 Å². The second-order valence-corrected chi connectivity index (χ2v) is 3.64. The van der Waals surface area contributed by atoms with E-state index in [9.17, 15) is 9.18 Å². The first-order chi connectivity index (χ1) is 6.06. The number of Topliss-reactive ketones (excluding diaryl/α,β-unsaturated/α-hetero) is 1. The van der Waals surface area contributed by atoms with E-state index in [4.69, 9.17) is 5.26 Å². The molecule has 0 heterocycles. The quantitative estimate of drug-likeness (QED) is 0.588. The summed E-state index contributed by atoms with van der Waals surface area (Å²) in [5, 5.41) is 8.65. The minimum absolute atomic E-state index is 0.139. The third-order valence-corrected chi connectivity index (χ3v) is 2.39. The number of rotatable bonds is 1. The molecule has 0 spiro atoms. The maximum absolute atomic E-state index is 13.0. The number of carbonyl (C=O) groups is 1. The molecule has 0 aliphatic carbocycles. The average Bonchev–Trinajstić information content (AvgIpc) is 2.08. The zero-order valence-electron chi connectivity index (χ0n) is 6.77. The number of nitriles is 1. The SMILES string of the molecule is CC(=O)c1cc(F)c(I)cc1C#N. The van der Waals surface area contributed by atoms with Crippen LogP contribution in [-0.2, 0) is 0 Å². The van der Waals surface area contributed by atoms with Gasteiger partial charge in [0.25, 0.3) is 0 Å². The van der Waals surface area contributed by atoms with E-state index in [0.29, 0.717) is 3.57 Å². The molecule has 2 nitrogen and oxygen atoms in total. The zero-order chi connectivity index (χ0) is 10.0. The Kier molecular flexibility index (Phi) is 2.98. The Morgan fingerprint density at radius 3 is 2.69 bits per heavy atom. The van der Waals surface area contributed by atoms with E-state index in [0.717, 1.165) is 6.07 Å². The van der Waals surface area contributed by atoms with Crippen molar-refractivity contribution in [2.45, 2.75) is 6.92 Å². The number of hydrogen-bond acceptors (Lipinski definition) is 2. The molecule has 1 rings (SSSR count). The van der Waals surface area contributed by atoms with Gasteiger partial charge in [-0.3, -0.25) is 4.79 Å². The van der Waals surface area contributed by atoms with Gasteiger partial charge in [0.1, 0.15) is 5.82 Å². The van der Waals surface area contributed by atoms with Crippen LogP contribution in [0.1, 0.15) is 22.8 Å². The third kappa shape index (κ3) is 2.04. The molecule has 0 aliphatic heterocycles. The zero-order valence-corrected chi connectivity index (χ0v) is 8.92. The Hall–Kier alpha value is -0.960. The summed E-state index contributed by atoms with van der Waals surface area (Å²) in [6.07, 6.45) is 0. The van der Waals surface area contributed by atoms with Crippen LogP contribution < -0.4 is 0 Å². The molecule has 13 heavy (non-hydrogen) atoms. The van der Waals surface area contributed by atoms with Gasteiger partial charge in [-0.05, 0) is 41.6 Å². The highest BCUT2D eigenvalue weighted by molar-refractivity contribution is 14.1. The van der Waals surface area contributed by atoms with E-state index < -0.39 is 5.82 Å². The van der Waals surface area contributed by atoms with Crippen molar-refractivity contribution in [3.05, 3.63) is 32.6 Å². The molecule has 0 radical (unpaired) electrons. The van der Waals surface area contributed by atoms with Crippen LogP contribution in [0.5, 0.6) is 0 Å². The number of nitrogens with zero attached hydrogens (tertiary/aromatic N) is 1. The third-order valence-electron chi connectivity index (χ3n) is 1.56. The highest BCUT2D eigenvalue weighted by Crippen LogP contribution is 2.17. The predicted molar refractivity (Wildman–Crippen MR) is 53.8 cm³/mol. The fourth-order valence-electron chi connectivity index (χ4n) is 0.931. The molecule has 1 aromatic rings. The lowest BCUT2D eigenvalue weighted by Gasteiger charge is -2.00. The van der Waals surface area contributed by atoms with E-state index in [1.807, 2.05) is 6.07 Å². The molecular weight excluding hydrogens is 284 g/mol. The van der Waals surface area contributed by atoms with E-state index in [1.165, 1.54) is 13.0 Å². The van der Waals surface area contributed by atoms with E-state index in [2.05, 4.69) is 0 Å². The Morgan fingerprint density at radius 2 is 2.23 bits per heavy atom. The van der Waals surface area contributed by atoms with Crippen molar-refractivity contribution in [3.63, 3.8) is 0 Å². The van der Waals surface area contributed by atoms with E-state index in [1.54, 1.807) is 22.6 Å². The van der Waals surface area contributed by atoms with Crippen LogP contribution in [-0.4, -0.2) is 5.78 Å². The fraction of sp³-hybridized carbons (Fsp3) is 0.111. The second-order valence-electron chi connectivity index (χ2n) is 2.48. The number of benzene rings is 1. The van der Waals surface area contributed by atoms with Crippen LogP contribution in [0.15, 0.2) is 12.1 Å². The molecule has 0 saturated carbocycles. The molecule has 0 N–H and O–H groups in total. The molecule has 0 aromatic heterocycles. The van der Waals surface area contributed by atoms with Gasteiger partial charge in [-0.15, -0.1) is 0 Å². The van der Waals surface area contributed by atoms with Crippen molar-refractivity contribution >= 4 is 28.4 Å². The van der Waals surface area contributed by atoms with Crippen LogP contribution in [0.4, 0.5) is 4.39 Å². The maximum atomic E-state index is 13.0. The Morgan fingerprint density at radius 1 is 1.62 bits per heavy atom. The van der Waals surface area contributed by atoms with Crippen molar-refractivity contribution in [3.8, 4) is 6.07 Å². The molecule has 66 valence electrons. The summed E-state index contributed by atoms with van der Waals surface area (Å²) >= 11 is 1.78. The molecule has 0 bridgehead atoms. The van der Waals surface area contributed by atoms with Crippen molar-refractivity contribution < 1.29 is 9.18 Å². The topological polar surface area (TPSA) is 40.9 Å². The smallest absolute Gasteiger partial charge is 0.161 e. The van der Waals surface area contributed by atoms with Crippen molar-refractivity contribution in [1.29, 1.82) is 5.26 Å². The van der Waals surface area contributed by atoms with Crippen molar-refractivity contribution in [2.24, 2.45) is 0 Å². The monoisotopic (exact) mass is 289 g/mol. The Bertz CT molecular complexity index is 409. The van der Waals surface area contributed by atoms with E-state index >= 15 is 0 Å². The van der Waals surface area contributed by atoms with E-state index in [-0.39, 0.29) is 16.9 Å². The number of halogens is 2. The van der Waals surface area contributed by atoms with Crippen LogP contribution in [0.2, 0.25) is 0 Å². The minimum Gasteiger partial charge on any atom is -0.294 e. The normalized spacial score (nSPS) is 9.38. The highest BCUT2D eigenvalue weighted by atomic mass is 127. The number of ketones is 1. The summed E-state index contributed by atoms with van der Waals surface area (Å²) in [5.74, 6) is -0.767. The fourth-order valence-corrected chi connectivity index (χ4v) is 1.40. The Balaban J connectivity index is 3.44. The van der Waals surface area contributed by atoms with Gasteiger partial charge in [-0.25, -0.2) is 4.39 Å². The van der Waals surface area contributed by atoms with Gasteiger partial charge in [0.2, 0.25) is 0 Å². The average molecular weight is 289 g/mol. The molecule has 0 atom stereocenters. The first kappa shape index (κ1) is 10.1. The van der Waals surface area contributed by atoms with Crippen molar-refractivity contribution in [1.82, 2.24) is 0 Å². The van der Waals surface area contributed by atoms with Gasteiger partial charge in [0.05, 0.1) is 15.2 Å². The minimum atomic E-state index is -0.468. The lowest BCUT2D eigenvalue weighted by Crippen LogP contribution is -1.99. The first-order valence-electron chi connectivity index (χ1n) is 3.46. The lowest BCUT2D eigenvalue weighted by molar-refractivity contribution is 0.101. The summed E-state index contributed by atoms with van der Waals surface area (Å²) in [6, 6.07) is 4.32. The van der Waals surface area contributed by atoms with Gasteiger partial charge in [-0.1, -0.05) is 0 Å². The molecular formula is C9H5FINO. The molecule has 1 aromatic carbocycles. The Labute approximate surface area is 88.5 Å². The largest absolute Gasteiger partial charge is 0.294 e. The molecule has 0 saturated heterocycles. The second kappa shape index (κ2) is 3.83. The van der Waals surface area contributed by atoms with Crippen molar-refractivity contribution in [2.75, 3.05) is 0 Å². The number of hydrogen-bond donors (Lipinski definition) is 0. The van der Waals surface area contributed by atoms with Gasteiger partial charge in [-0.2, -0.15) is 5.26 Å². The van der Waals surface area contributed by atoms with Crippen LogP contribution in [0, 0.1) is 20.7 Å². The van der Waals surface area contributed by atoms with Crippen LogP contribution in [0.25, 0.3) is 0 Å². The summed E-state index contributed by atoms with van der Waals surface area (Å²) in [4.78, 5) is 11.0. The summed E-state index contributed by atoms with van der Waals surface area (Å²) in [6.45, 7) is 1.31. The molecule has 4 heteroatoms. The van der Waals surface area contributed by atoms with Gasteiger partial charge in [0.15, 0.2) is 5.78 Å². The van der Waals surface area contributed by atoms with Gasteiger partial charge < -0.3 is 0 Å². The first-order valence-corrected chi connectivity index (χ1v) is 4.54. The standard InChI is InChI=1S/C9H5FINO/c1-5(13)7-3-8(10)9(11)2-6(7)4-12/h2-3H,1H3. The van der Waals surface area contributed by atoms with Crippen LogP contribution >= 0.6 is 22.6 Å². The summed E-state index contributed by atoms with van der Waals surface area (Å²) in [5.41, 5.74) is 0.360. The van der Waals surface area contributed by atoms with Crippen LogP contribution in [0.3, 0.4) is 0 Å². The molecule has 0 fully saturated rings. The maximum Gasteiger partial charge on any atom is 0.161 e.